The molecular formula is C24H28FNO4. The third-order valence-corrected chi connectivity index (χ3v) is 4.95. The molecule has 5 nitrogen and oxygen atoms in total. The number of carbonyl (C=O) groups is 2. The van der Waals surface area contributed by atoms with Gasteiger partial charge in [0, 0.05) is 6.54 Å². The summed E-state index contributed by atoms with van der Waals surface area (Å²) in [5, 5.41) is 0. The summed E-state index contributed by atoms with van der Waals surface area (Å²) in [6, 6.07) is 15.0. The van der Waals surface area contributed by atoms with E-state index in [2.05, 4.69) is 0 Å². The average Bonchev–Trinajstić information content (AvgIpc) is 3.11. The zero-order valence-electron chi connectivity index (χ0n) is 17.6. The Hall–Kier alpha value is -2.89. The van der Waals surface area contributed by atoms with Gasteiger partial charge in [-0.05, 0) is 62.8 Å². The van der Waals surface area contributed by atoms with Gasteiger partial charge in [0.15, 0.2) is 0 Å². The van der Waals surface area contributed by atoms with Crippen LogP contribution in [0.2, 0.25) is 0 Å². The van der Waals surface area contributed by atoms with Crippen LogP contribution in [0.15, 0.2) is 54.6 Å². The van der Waals surface area contributed by atoms with Gasteiger partial charge in [-0.15, -0.1) is 0 Å². The predicted octanol–water partition coefficient (Wildman–Crippen LogP) is 4.74. The van der Waals surface area contributed by atoms with Crippen LogP contribution in [0.25, 0.3) is 0 Å². The van der Waals surface area contributed by atoms with Crippen LogP contribution >= 0.6 is 0 Å². The fourth-order valence-electron chi connectivity index (χ4n) is 3.60. The van der Waals surface area contributed by atoms with Gasteiger partial charge in [-0.3, -0.25) is 4.90 Å². The molecule has 0 aliphatic carbocycles. The largest absolute Gasteiger partial charge is 0.459 e. The van der Waals surface area contributed by atoms with Crippen molar-refractivity contribution in [2.45, 2.75) is 51.9 Å². The molecule has 0 bridgehead atoms. The van der Waals surface area contributed by atoms with Crippen LogP contribution in [0.1, 0.15) is 38.3 Å². The number of carbonyl (C=O) groups excluding carboxylic acids is 2. The molecule has 2 atom stereocenters. The van der Waals surface area contributed by atoms with Gasteiger partial charge in [0.25, 0.3) is 0 Å². The molecule has 30 heavy (non-hydrogen) atoms. The second-order valence-corrected chi connectivity index (χ2v) is 8.67. The lowest BCUT2D eigenvalue weighted by atomic mass is 9.97. The maximum Gasteiger partial charge on any atom is 0.411 e. The van der Waals surface area contributed by atoms with Gasteiger partial charge in [-0.25, -0.2) is 14.0 Å². The standard InChI is InChI=1S/C24H28FNO4/c1-24(2,3)30-23(28)26-15-19(13-17-9-11-20(25)12-10-17)14-21(26)22(27)29-16-18-7-5-4-6-8-18/h4-12,19,21H,13-16H2,1-3H3/t19-,21+/m0/s1. The van der Waals surface area contributed by atoms with Crippen molar-refractivity contribution >= 4 is 12.1 Å². The molecule has 1 heterocycles. The summed E-state index contributed by atoms with van der Waals surface area (Å²) in [5.74, 6) is -0.675. The van der Waals surface area contributed by atoms with Gasteiger partial charge in [0.2, 0.25) is 0 Å². The van der Waals surface area contributed by atoms with Crippen molar-refractivity contribution in [1.29, 1.82) is 0 Å². The normalized spacial score (nSPS) is 18.9. The molecule has 1 saturated heterocycles. The van der Waals surface area contributed by atoms with Crippen molar-refractivity contribution in [3.05, 3.63) is 71.5 Å². The second-order valence-electron chi connectivity index (χ2n) is 8.67. The van der Waals surface area contributed by atoms with E-state index in [0.29, 0.717) is 19.4 Å². The number of halogens is 1. The minimum absolute atomic E-state index is 0.0530. The van der Waals surface area contributed by atoms with E-state index in [9.17, 15) is 14.0 Å². The summed E-state index contributed by atoms with van der Waals surface area (Å²) < 4.78 is 24.2. The number of hydrogen-bond donors (Lipinski definition) is 0. The quantitative estimate of drug-likeness (QED) is 0.665. The first kappa shape index (κ1) is 21.8. The van der Waals surface area contributed by atoms with Crippen molar-refractivity contribution in [3.8, 4) is 0 Å². The van der Waals surface area contributed by atoms with Gasteiger partial charge < -0.3 is 9.47 Å². The van der Waals surface area contributed by atoms with E-state index in [1.165, 1.54) is 17.0 Å². The number of likely N-dealkylation sites (tertiary alicyclic amines) is 1. The van der Waals surface area contributed by atoms with Gasteiger partial charge in [0.1, 0.15) is 24.1 Å². The molecule has 2 aromatic carbocycles. The minimum Gasteiger partial charge on any atom is -0.459 e. The first-order valence-electron chi connectivity index (χ1n) is 10.2. The highest BCUT2D eigenvalue weighted by Gasteiger charge is 2.42. The van der Waals surface area contributed by atoms with E-state index >= 15 is 0 Å². The minimum atomic E-state index is -0.700. The van der Waals surface area contributed by atoms with E-state index in [1.807, 2.05) is 30.3 Å². The zero-order valence-corrected chi connectivity index (χ0v) is 17.6. The third-order valence-electron chi connectivity index (χ3n) is 4.95. The first-order valence-corrected chi connectivity index (χ1v) is 10.2. The second kappa shape index (κ2) is 9.28. The Labute approximate surface area is 176 Å². The lowest BCUT2D eigenvalue weighted by Gasteiger charge is -2.27. The summed E-state index contributed by atoms with van der Waals surface area (Å²) in [4.78, 5) is 27.0. The van der Waals surface area contributed by atoms with Crippen LogP contribution in [-0.2, 0) is 27.3 Å². The molecule has 0 saturated carbocycles. The fraction of sp³-hybridized carbons (Fsp3) is 0.417. The Balaban J connectivity index is 1.70. The van der Waals surface area contributed by atoms with Crippen molar-refractivity contribution in [2.75, 3.05) is 6.54 Å². The Bertz CT molecular complexity index is 861. The molecule has 0 unspecified atom stereocenters. The number of ether oxygens (including phenoxy) is 2. The molecule has 0 spiro atoms. The Kier molecular flexibility index (Phi) is 6.75. The van der Waals surface area contributed by atoms with Crippen LogP contribution in [0.3, 0.4) is 0 Å². The predicted molar refractivity (Wildman–Crippen MR) is 111 cm³/mol. The Morgan fingerprint density at radius 2 is 1.70 bits per heavy atom. The molecule has 1 aliphatic heterocycles. The van der Waals surface area contributed by atoms with Gasteiger partial charge in [-0.1, -0.05) is 42.5 Å². The topological polar surface area (TPSA) is 55.8 Å². The van der Waals surface area contributed by atoms with Crippen molar-refractivity contribution in [3.63, 3.8) is 0 Å². The summed E-state index contributed by atoms with van der Waals surface area (Å²) >= 11 is 0. The summed E-state index contributed by atoms with van der Waals surface area (Å²) in [6.07, 6.45) is 0.595. The molecule has 0 aromatic heterocycles. The molecule has 1 amide bonds. The van der Waals surface area contributed by atoms with E-state index in [0.717, 1.165) is 11.1 Å². The van der Waals surface area contributed by atoms with Gasteiger partial charge in [-0.2, -0.15) is 0 Å². The van der Waals surface area contributed by atoms with Crippen LogP contribution in [-0.4, -0.2) is 35.2 Å². The highest BCUT2D eigenvalue weighted by molar-refractivity contribution is 5.82. The van der Waals surface area contributed by atoms with E-state index in [-0.39, 0.29) is 18.3 Å². The van der Waals surface area contributed by atoms with E-state index in [4.69, 9.17) is 9.47 Å². The Morgan fingerprint density at radius 1 is 1.03 bits per heavy atom. The lowest BCUT2D eigenvalue weighted by molar-refractivity contribution is -0.150. The van der Waals surface area contributed by atoms with Gasteiger partial charge in [0.05, 0.1) is 0 Å². The number of amides is 1. The third kappa shape index (κ3) is 6.05. The Morgan fingerprint density at radius 3 is 2.33 bits per heavy atom. The van der Waals surface area contributed by atoms with Crippen LogP contribution < -0.4 is 0 Å². The zero-order chi connectivity index (χ0) is 21.7. The maximum absolute atomic E-state index is 13.2. The monoisotopic (exact) mass is 413 g/mol. The van der Waals surface area contributed by atoms with Gasteiger partial charge >= 0.3 is 12.1 Å². The molecule has 1 aliphatic rings. The summed E-state index contributed by atoms with van der Waals surface area (Å²) in [5.41, 5.74) is 1.18. The number of hydrogen-bond acceptors (Lipinski definition) is 4. The van der Waals surface area contributed by atoms with Crippen molar-refractivity contribution in [1.82, 2.24) is 4.90 Å². The van der Waals surface area contributed by atoms with Crippen molar-refractivity contribution in [2.24, 2.45) is 5.92 Å². The number of rotatable bonds is 5. The fourth-order valence-corrected chi connectivity index (χ4v) is 3.60. The molecule has 0 radical (unpaired) electrons. The number of esters is 1. The van der Waals surface area contributed by atoms with Crippen molar-refractivity contribution < 1.29 is 23.5 Å². The number of nitrogens with zero attached hydrogens (tertiary/aromatic N) is 1. The van der Waals surface area contributed by atoms with Crippen LogP contribution in [0, 0.1) is 11.7 Å². The molecule has 6 heteroatoms. The number of benzene rings is 2. The molecule has 0 N–H and O–H groups in total. The molecule has 160 valence electrons. The smallest absolute Gasteiger partial charge is 0.411 e. The van der Waals surface area contributed by atoms with Crippen LogP contribution in [0.5, 0.6) is 0 Å². The maximum atomic E-state index is 13.2. The molecular weight excluding hydrogens is 385 g/mol. The molecule has 3 rings (SSSR count). The van der Waals surface area contributed by atoms with E-state index in [1.54, 1.807) is 32.9 Å². The summed E-state index contributed by atoms with van der Waals surface area (Å²) in [6.45, 7) is 5.91. The molecule has 1 fully saturated rings. The lowest BCUT2D eigenvalue weighted by Crippen LogP contribution is -2.44. The average molecular weight is 413 g/mol. The van der Waals surface area contributed by atoms with E-state index < -0.39 is 23.7 Å². The molecule has 2 aromatic rings. The van der Waals surface area contributed by atoms with Crippen LogP contribution in [0.4, 0.5) is 9.18 Å². The summed E-state index contributed by atoms with van der Waals surface area (Å²) in [7, 11) is 0. The highest BCUT2D eigenvalue weighted by atomic mass is 19.1. The highest BCUT2D eigenvalue weighted by Crippen LogP contribution is 2.29. The first-order chi connectivity index (χ1) is 14.2. The SMILES string of the molecule is CC(C)(C)OC(=O)N1C[C@@H](Cc2ccc(F)cc2)C[C@@H]1C(=O)OCc1ccccc1.